The van der Waals surface area contributed by atoms with Gasteiger partial charge >= 0.3 is 11.9 Å². The largest absolute Gasteiger partial charge is 0.464 e. The molecule has 0 saturated heterocycles. The van der Waals surface area contributed by atoms with Gasteiger partial charge in [-0.1, -0.05) is 36.4 Å². The van der Waals surface area contributed by atoms with Gasteiger partial charge < -0.3 is 20.1 Å². The zero-order valence-corrected chi connectivity index (χ0v) is 16.7. The molecule has 3 aromatic rings. The van der Waals surface area contributed by atoms with Crippen LogP contribution >= 0.6 is 0 Å². The molecule has 0 radical (unpaired) electrons. The van der Waals surface area contributed by atoms with E-state index in [-0.39, 0.29) is 13.0 Å². The third-order valence-corrected chi connectivity index (χ3v) is 4.28. The molecule has 0 aliphatic rings. The van der Waals surface area contributed by atoms with E-state index in [9.17, 15) is 9.59 Å². The van der Waals surface area contributed by atoms with Gasteiger partial charge in [-0.2, -0.15) is 0 Å². The van der Waals surface area contributed by atoms with Gasteiger partial charge in [0.15, 0.2) is 0 Å². The zero-order chi connectivity index (χ0) is 21.3. The van der Waals surface area contributed by atoms with E-state index in [0.717, 1.165) is 17.1 Å². The van der Waals surface area contributed by atoms with Crippen molar-refractivity contribution >= 4 is 29.0 Å². The normalized spacial score (nSPS) is 11.4. The molecule has 6 heteroatoms. The van der Waals surface area contributed by atoms with Gasteiger partial charge in [0, 0.05) is 17.1 Å². The lowest BCUT2D eigenvalue weighted by molar-refractivity contribution is -0.146. The van der Waals surface area contributed by atoms with Crippen LogP contribution in [-0.2, 0) is 14.3 Å². The van der Waals surface area contributed by atoms with Crippen LogP contribution in [0.2, 0.25) is 0 Å². The lowest BCUT2D eigenvalue weighted by Gasteiger charge is -2.25. The molecule has 154 valence electrons. The summed E-state index contributed by atoms with van der Waals surface area (Å²) in [6.45, 7) is 1.46. The first kappa shape index (κ1) is 21.1. The summed E-state index contributed by atoms with van der Waals surface area (Å²) in [4.78, 5) is 25.4. The summed E-state index contributed by atoms with van der Waals surface area (Å²) < 4.78 is 10.2. The molecule has 0 heterocycles. The summed E-state index contributed by atoms with van der Waals surface area (Å²) in [7, 11) is 0. The van der Waals surface area contributed by atoms with Crippen molar-refractivity contribution < 1.29 is 19.1 Å². The maximum Gasteiger partial charge on any atom is 0.322 e. The summed E-state index contributed by atoms with van der Waals surface area (Å²) in [5.74, 6) is -0.611. The van der Waals surface area contributed by atoms with Crippen LogP contribution in [0.15, 0.2) is 84.9 Å². The summed E-state index contributed by atoms with van der Waals surface area (Å²) in [5.41, 5.74) is 8.37. The summed E-state index contributed by atoms with van der Waals surface area (Å²) in [6, 6.07) is 26.5. The molecule has 0 bridgehead atoms. The first-order valence-electron chi connectivity index (χ1n) is 9.68. The molecule has 0 aliphatic heterocycles. The maximum absolute atomic E-state index is 12.0. The van der Waals surface area contributed by atoms with Gasteiger partial charge in [0.1, 0.15) is 18.4 Å². The van der Waals surface area contributed by atoms with E-state index in [0.29, 0.717) is 5.75 Å². The van der Waals surface area contributed by atoms with E-state index in [4.69, 9.17) is 15.2 Å². The molecule has 0 saturated carbocycles. The Kier molecular flexibility index (Phi) is 7.19. The van der Waals surface area contributed by atoms with E-state index >= 15 is 0 Å². The van der Waals surface area contributed by atoms with E-state index in [1.54, 1.807) is 12.1 Å². The maximum atomic E-state index is 12.0. The number of benzene rings is 3. The minimum atomic E-state index is -0.717. The second kappa shape index (κ2) is 10.2. The minimum Gasteiger partial charge on any atom is -0.464 e. The molecule has 3 aromatic carbocycles. The van der Waals surface area contributed by atoms with Crippen LogP contribution in [0.25, 0.3) is 0 Å². The van der Waals surface area contributed by atoms with Crippen LogP contribution in [0.3, 0.4) is 0 Å². The van der Waals surface area contributed by atoms with Gasteiger partial charge in [-0.15, -0.1) is 0 Å². The van der Waals surface area contributed by atoms with Gasteiger partial charge in [0.05, 0.1) is 6.42 Å². The van der Waals surface area contributed by atoms with Gasteiger partial charge in [-0.3, -0.25) is 9.59 Å². The van der Waals surface area contributed by atoms with Gasteiger partial charge in [0.2, 0.25) is 0 Å². The van der Waals surface area contributed by atoms with Crippen molar-refractivity contribution in [2.45, 2.75) is 19.4 Å². The standard InChI is InChI=1S/C24H24N2O4/c1-18(25)24(28)29-17-16-23(27)30-22-14-12-21(13-15-22)26(19-8-4-2-5-9-19)20-10-6-3-7-11-20/h2-15,18H,16-17,25H2,1H3. The molecule has 0 fully saturated rings. The highest BCUT2D eigenvalue weighted by atomic mass is 16.5. The summed E-state index contributed by atoms with van der Waals surface area (Å²) in [6.07, 6.45) is -0.0413. The molecule has 1 unspecified atom stereocenters. The fourth-order valence-electron chi connectivity index (χ4n) is 2.81. The van der Waals surface area contributed by atoms with Crippen molar-refractivity contribution in [2.75, 3.05) is 11.5 Å². The number of esters is 2. The van der Waals surface area contributed by atoms with Crippen LogP contribution < -0.4 is 15.4 Å². The van der Waals surface area contributed by atoms with Crippen LogP contribution in [0.1, 0.15) is 13.3 Å². The molecule has 0 spiro atoms. The quantitative estimate of drug-likeness (QED) is 0.444. The van der Waals surface area contributed by atoms with Crippen molar-refractivity contribution in [3.8, 4) is 5.75 Å². The fraction of sp³-hybridized carbons (Fsp3) is 0.167. The van der Waals surface area contributed by atoms with Crippen molar-refractivity contribution in [3.05, 3.63) is 84.9 Å². The number of anilines is 3. The van der Waals surface area contributed by atoms with Crippen LogP contribution in [-0.4, -0.2) is 24.6 Å². The van der Waals surface area contributed by atoms with Gasteiger partial charge in [0.25, 0.3) is 0 Å². The molecule has 2 N–H and O–H groups in total. The number of para-hydroxylation sites is 2. The Bertz CT molecular complexity index is 918. The number of nitrogens with zero attached hydrogens (tertiary/aromatic N) is 1. The average Bonchev–Trinajstić information content (AvgIpc) is 2.76. The third-order valence-electron chi connectivity index (χ3n) is 4.28. The highest BCUT2D eigenvalue weighted by Gasteiger charge is 2.13. The topological polar surface area (TPSA) is 81.9 Å². The van der Waals surface area contributed by atoms with E-state index in [2.05, 4.69) is 4.90 Å². The van der Waals surface area contributed by atoms with Crippen molar-refractivity contribution in [3.63, 3.8) is 0 Å². The second-order valence-corrected chi connectivity index (χ2v) is 6.68. The van der Waals surface area contributed by atoms with Crippen molar-refractivity contribution in [1.82, 2.24) is 0 Å². The Balaban J connectivity index is 1.68. The lowest BCUT2D eigenvalue weighted by atomic mass is 10.2. The number of rotatable bonds is 8. The molecule has 0 aliphatic carbocycles. The zero-order valence-electron chi connectivity index (χ0n) is 16.7. The Hall–Kier alpha value is -3.64. The second-order valence-electron chi connectivity index (χ2n) is 6.68. The first-order chi connectivity index (χ1) is 14.5. The van der Waals surface area contributed by atoms with E-state index < -0.39 is 18.0 Å². The third kappa shape index (κ3) is 5.68. The number of hydrogen-bond acceptors (Lipinski definition) is 6. The molecule has 30 heavy (non-hydrogen) atoms. The monoisotopic (exact) mass is 404 g/mol. The summed E-state index contributed by atoms with van der Waals surface area (Å²) in [5, 5.41) is 0. The number of carbonyl (C=O) groups is 2. The van der Waals surface area contributed by atoms with Crippen LogP contribution in [0, 0.1) is 0 Å². The van der Waals surface area contributed by atoms with Crippen LogP contribution in [0.4, 0.5) is 17.1 Å². The molecule has 1 atom stereocenters. The Labute approximate surface area is 175 Å². The fourth-order valence-corrected chi connectivity index (χ4v) is 2.81. The average molecular weight is 404 g/mol. The molecule has 6 nitrogen and oxygen atoms in total. The molecular weight excluding hydrogens is 380 g/mol. The van der Waals surface area contributed by atoms with E-state index in [1.807, 2.05) is 72.8 Å². The highest BCUT2D eigenvalue weighted by Crippen LogP contribution is 2.34. The number of ether oxygens (including phenoxy) is 2. The smallest absolute Gasteiger partial charge is 0.322 e. The highest BCUT2D eigenvalue weighted by molar-refractivity contribution is 5.78. The van der Waals surface area contributed by atoms with E-state index in [1.165, 1.54) is 6.92 Å². The van der Waals surface area contributed by atoms with Crippen LogP contribution in [0.5, 0.6) is 5.75 Å². The Morgan fingerprint density at radius 2 is 1.33 bits per heavy atom. The molecular formula is C24H24N2O4. The SMILES string of the molecule is CC(N)C(=O)OCCC(=O)Oc1ccc(N(c2ccccc2)c2ccccc2)cc1. The molecule has 3 rings (SSSR count). The van der Waals surface area contributed by atoms with Gasteiger partial charge in [-0.05, 0) is 55.5 Å². The predicted octanol–water partition coefficient (Wildman–Crippen LogP) is 4.34. The number of hydrogen-bond donors (Lipinski definition) is 1. The molecule has 0 amide bonds. The number of carbonyl (C=O) groups excluding carboxylic acids is 2. The van der Waals surface area contributed by atoms with Crippen molar-refractivity contribution in [1.29, 1.82) is 0 Å². The van der Waals surface area contributed by atoms with Gasteiger partial charge in [-0.25, -0.2) is 0 Å². The Morgan fingerprint density at radius 1 is 0.833 bits per heavy atom. The Morgan fingerprint density at radius 3 is 1.83 bits per heavy atom. The first-order valence-corrected chi connectivity index (χ1v) is 9.68. The lowest BCUT2D eigenvalue weighted by Crippen LogP contribution is -2.29. The predicted molar refractivity (Wildman–Crippen MR) is 116 cm³/mol. The van der Waals surface area contributed by atoms with Crippen molar-refractivity contribution in [2.24, 2.45) is 5.73 Å². The minimum absolute atomic E-state index is 0.0413. The number of nitrogens with two attached hydrogens (primary N) is 1. The summed E-state index contributed by atoms with van der Waals surface area (Å²) >= 11 is 0. The molecule has 0 aromatic heterocycles.